The number of halogens is 1. The summed E-state index contributed by atoms with van der Waals surface area (Å²) in [5.74, 6) is -0.397. The highest BCUT2D eigenvalue weighted by Gasteiger charge is 2.20. The average molecular weight is 417 g/mol. The van der Waals surface area contributed by atoms with Gasteiger partial charge in [-0.15, -0.1) is 0 Å². The monoisotopic (exact) mass is 416 g/mol. The molecule has 0 saturated carbocycles. The Bertz CT molecular complexity index is 721. The number of carbonyl (C=O) groups excluding carboxylic acids is 2. The smallest absolute Gasteiger partial charge is 0.425 e. The summed E-state index contributed by atoms with van der Waals surface area (Å²) in [7, 11) is 0. The lowest BCUT2D eigenvalue weighted by molar-refractivity contribution is 0.0889. The summed E-state index contributed by atoms with van der Waals surface area (Å²) in [5.41, 5.74) is -1.84. The lowest BCUT2D eigenvalue weighted by atomic mass is 10.1. The molecule has 0 amide bonds. The minimum Gasteiger partial charge on any atom is -0.448 e. The molecule has 140 valence electrons. The summed E-state index contributed by atoms with van der Waals surface area (Å²) >= 11 is 3.00. The third kappa shape index (κ3) is 6.26. The molecule has 7 nitrogen and oxygen atoms in total. The lowest BCUT2D eigenvalue weighted by Gasteiger charge is -2.11. The van der Waals surface area contributed by atoms with E-state index in [1.54, 1.807) is 0 Å². The van der Waals surface area contributed by atoms with Crippen molar-refractivity contribution in [3.05, 3.63) is 31.5 Å². The highest BCUT2D eigenvalue weighted by molar-refractivity contribution is 9.10. The summed E-state index contributed by atoms with van der Waals surface area (Å²) in [5, 5.41) is 0. The first-order valence-electron chi connectivity index (χ1n) is 8.54. The molecule has 0 aliphatic rings. The van der Waals surface area contributed by atoms with E-state index in [2.05, 4.69) is 22.9 Å². The summed E-state index contributed by atoms with van der Waals surface area (Å²) < 4.78 is 6.04. The van der Waals surface area contributed by atoms with Crippen molar-refractivity contribution in [2.24, 2.45) is 5.92 Å². The van der Waals surface area contributed by atoms with Crippen molar-refractivity contribution in [3.8, 4) is 0 Å². The Morgan fingerprint density at radius 2 is 1.80 bits per heavy atom. The third-order valence-electron chi connectivity index (χ3n) is 3.53. The molecule has 0 unspecified atom stereocenters. The Labute approximate surface area is 155 Å². The van der Waals surface area contributed by atoms with Crippen LogP contribution < -0.4 is 11.2 Å². The summed E-state index contributed by atoms with van der Waals surface area (Å²) in [4.78, 5) is 48.8. The lowest BCUT2D eigenvalue weighted by Crippen LogP contribution is -2.46. The van der Waals surface area contributed by atoms with Crippen molar-refractivity contribution < 1.29 is 14.3 Å². The van der Waals surface area contributed by atoms with Crippen LogP contribution >= 0.6 is 15.9 Å². The van der Waals surface area contributed by atoms with Gasteiger partial charge >= 0.3 is 11.8 Å². The van der Waals surface area contributed by atoms with E-state index in [1.807, 2.05) is 13.8 Å². The Kier molecular flexibility index (Phi) is 8.82. The SMILES string of the molecule is CCCCCCCC(=O)n1cc(Br)c(=O)n(C(=O)OCC(C)C)c1=O. The topological polar surface area (TPSA) is 87.4 Å². The highest BCUT2D eigenvalue weighted by atomic mass is 79.9. The molecule has 0 aliphatic heterocycles. The van der Waals surface area contributed by atoms with Gasteiger partial charge in [0, 0.05) is 12.6 Å². The Morgan fingerprint density at radius 1 is 1.16 bits per heavy atom. The number of hydrogen-bond donors (Lipinski definition) is 0. The fourth-order valence-corrected chi connectivity index (χ4v) is 2.55. The summed E-state index contributed by atoms with van der Waals surface area (Å²) in [6, 6.07) is 0. The molecule has 1 heterocycles. The van der Waals surface area contributed by atoms with Crippen molar-refractivity contribution >= 4 is 27.9 Å². The molecule has 0 atom stereocenters. The molecule has 8 heteroatoms. The second kappa shape index (κ2) is 10.3. The van der Waals surface area contributed by atoms with Crippen LogP contribution in [0.25, 0.3) is 0 Å². The molecular weight excluding hydrogens is 392 g/mol. The zero-order valence-electron chi connectivity index (χ0n) is 14.9. The zero-order valence-corrected chi connectivity index (χ0v) is 16.5. The van der Waals surface area contributed by atoms with Gasteiger partial charge < -0.3 is 4.74 Å². The molecule has 0 saturated heterocycles. The number of aromatic nitrogens is 2. The van der Waals surface area contributed by atoms with Crippen molar-refractivity contribution in [1.29, 1.82) is 0 Å². The molecule has 0 N–H and O–H groups in total. The van der Waals surface area contributed by atoms with Gasteiger partial charge in [-0.1, -0.05) is 46.5 Å². The molecule has 0 radical (unpaired) electrons. The van der Waals surface area contributed by atoms with Crippen LogP contribution in [0.1, 0.15) is 64.1 Å². The minimum absolute atomic E-state index is 0.0482. The summed E-state index contributed by atoms with van der Waals surface area (Å²) in [6.07, 6.45) is 5.00. The van der Waals surface area contributed by atoms with Gasteiger partial charge in [-0.25, -0.2) is 14.2 Å². The van der Waals surface area contributed by atoms with E-state index < -0.39 is 23.2 Å². The van der Waals surface area contributed by atoms with E-state index in [-0.39, 0.29) is 23.4 Å². The van der Waals surface area contributed by atoms with Crippen LogP contribution in [0.15, 0.2) is 20.3 Å². The standard InChI is InChI=1S/C17H25BrN2O5/c1-4-5-6-7-8-9-14(21)19-10-13(18)15(22)20(16(19)23)17(24)25-11-12(2)3/h10,12H,4-9,11H2,1-3H3. The Balaban J connectivity index is 2.98. The Hall–Kier alpha value is -1.70. The first kappa shape index (κ1) is 21.3. The molecule has 0 aromatic carbocycles. The molecule has 0 bridgehead atoms. The van der Waals surface area contributed by atoms with Crippen molar-refractivity contribution in [2.45, 2.75) is 59.3 Å². The van der Waals surface area contributed by atoms with Crippen LogP contribution in [0, 0.1) is 5.92 Å². The molecular formula is C17H25BrN2O5. The van der Waals surface area contributed by atoms with Gasteiger partial charge in [0.15, 0.2) is 0 Å². The molecule has 1 aromatic heterocycles. The van der Waals surface area contributed by atoms with Crippen LogP contribution in [-0.2, 0) is 4.74 Å². The molecule has 1 rings (SSSR count). The van der Waals surface area contributed by atoms with Gasteiger partial charge in [-0.2, -0.15) is 4.57 Å². The van der Waals surface area contributed by atoms with E-state index in [4.69, 9.17) is 4.74 Å². The Morgan fingerprint density at radius 3 is 2.40 bits per heavy atom. The fourth-order valence-electron chi connectivity index (χ4n) is 2.17. The number of rotatable bonds is 8. The molecule has 25 heavy (non-hydrogen) atoms. The number of unbranched alkanes of at least 4 members (excludes halogenated alkanes) is 4. The number of ether oxygens (including phenoxy) is 1. The minimum atomic E-state index is -1.07. The normalized spacial score (nSPS) is 10.9. The van der Waals surface area contributed by atoms with E-state index >= 15 is 0 Å². The fraction of sp³-hybridized carbons (Fsp3) is 0.647. The van der Waals surface area contributed by atoms with Crippen LogP contribution in [0.4, 0.5) is 4.79 Å². The van der Waals surface area contributed by atoms with Gasteiger partial charge in [0.1, 0.15) is 4.47 Å². The van der Waals surface area contributed by atoms with Crippen LogP contribution in [0.3, 0.4) is 0 Å². The molecule has 0 fully saturated rings. The number of hydrogen-bond acceptors (Lipinski definition) is 5. The average Bonchev–Trinajstić information content (AvgIpc) is 2.56. The van der Waals surface area contributed by atoms with Crippen LogP contribution in [0.2, 0.25) is 0 Å². The molecule has 0 aliphatic carbocycles. The van der Waals surface area contributed by atoms with Crippen LogP contribution in [-0.4, -0.2) is 27.7 Å². The molecule has 0 spiro atoms. The van der Waals surface area contributed by atoms with Crippen LogP contribution in [0.5, 0.6) is 0 Å². The van der Waals surface area contributed by atoms with Crippen molar-refractivity contribution in [3.63, 3.8) is 0 Å². The predicted molar refractivity (Wildman–Crippen MR) is 98.2 cm³/mol. The van der Waals surface area contributed by atoms with E-state index in [0.29, 0.717) is 11.0 Å². The highest BCUT2D eigenvalue weighted by Crippen LogP contribution is 2.07. The number of nitrogens with zero attached hydrogens (tertiary/aromatic N) is 2. The maximum absolute atomic E-state index is 12.4. The maximum atomic E-state index is 12.4. The quantitative estimate of drug-likeness (QED) is 0.605. The first-order valence-corrected chi connectivity index (χ1v) is 9.33. The van der Waals surface area contributed by atoms with Crippen molar-refractivity contribution in [2.75, 3.05) is 6.61 Å². The van der Waals surface area contributed by atoms with E-state index in [9.17, 15) is 19.2 Å². The van der Waals surface area contributed by atoms with Crippen molar-refractivity contribution in [1.82, 2.24) is 9.13 Å². The van der Waals surface area contributed by atoms with E-state index in [0.717, 1.165) is 36.4 Å². The first-order chi connectivity index (χ1) is 11.8. The summed E-state index contributed by atoms with van der Waals surface area (Å²) in [6.45, 7) is 5.83. The zero-order chi connectivity index (χ0) is 19.0. The number of carbonyl (C=O) groups is 2. The second-order valence-corrected chi connectivity index (χ2v) is 7.15. The van der Waals surface area contributed by atoms with Gasteiger partial charge in [0.05, 0.1) is 6.61 Å². The van der Waals surface area contributed by atoms with Gasteiger partial charge in [-0.05, 0) is 28.3 Å². The largest absolute Gasteiger partial charge is 0.448 e. The maximum Gasteiger partial charge on any atom is 0.425 e. The van der Waals surface area contributed by atoms with Gasteiger partial charge in [-0.3, -0.25) is 9.59 Å². The van der Waals surface area contributed by atoms with E-state index in [1.165, 1.54) is 0 Å². The predicted octanol–water partition coefficient (Wildman–Crippen LogP) is 3.41. The van der Waals surface area contributed by atoms with Gasteiger partial charge in [0.25, 0.3) is 5.56 Å². The molecule has 1 aromatic rings. The third-order valence-corrected chi connectivity index (χ3v) is 4.08. The second-order valence-electron chi connectivity index (χ2n) is 6.30. The van der Waals surface area contributed by atoms with Gasteiger partial charge in [0.2, 0.25) is 5.91 Å².